The lowest BCUT2D eigenvalue weighted by Gasteiger charge is -2.42. The normalized spacial score (nSPS) is 19.9. The average Bonchev–Trinajstić information content (AvgIpc) is 3.92. The smallest absolute Gasteiger partial charge is 0.269 e. The summed E-state index contributed by atoms with van der Waals surface area (Å²) < 4.78 is 12.2. The lowest BCUT2D eigenvalue weighted by atomic mass is 9.89. The van der Waals surface area contributed by atoms with Gasteiger partial charge in [-0.2, -0.15) is 12.6 Å². The molecular formula is C48H79N7O8S. The van der Waals surface area contributed by atoms with Crippen molar-refractivity contribution in [2.45, 2.75) is 155 Å². The Hall–Kier alpha value is -3.70. The maximum absolute atomic E-state index is 14.5. The fourth-order valence-corrected chi connectivity index (χ4v) is 9.64. The number of methoxy groups -OCH3 is 2. The van der Waals surface area contributed by atoms with Gasteiger partial charge < -0.3 is 34.9 Å². The van der Waals surface area contributed by atoms with E-state index in [0.29, 0.717) is 32.5 Å². The van der Waals surface area contributed by atoms with Gasteiger partial charge in [-0.15, -0.1) is 0 Å². The summed E-state index contributed by atoms with van der Waals surface area (Å²) >= 11 is 4.72. The van der Waals surface area contributed by atoms with Gasteiger partial charge in [0.05, 0.1) is 54.2 Å². The summed E-state index contributed by atoms with van der Waals surface area (Å²) in [6.07, 6.45) is 4.50. The van der Waals surface area contributed by atoms with Crippen molar-refractivity contribution in [2.75, 3.05) is 48.0 Å². The number of rotatable bonds is 22. The van der Waals surface area contributed by atoms with Crippen LogP contribution in [0, 0.1) is 23.7 Å². The highest BCUT2D eigenvalue weighted by molar-refractivity contribution is 7.81. The summed E-state index contributed by atoms with van der Waals surface area (Å²) in [5.74, 6) is -2.40. The van der Waals surface area contributed by atoms with E-state index in [4.69, 9.17) is 26.9 Å². The highest BCUT2D eigenvalue weighted by Crippen LogP contribution is 2.31. The number of nitrogens with zero attached hydrogens (tertiary/aromatic N) is 4. The molecule has 2 aromatic rings. The van der Waals surface area contributed by atoms with Gasteiger partial charge in [0.25, 0.3) is 5.91 Å². The molecule has 0 bridgehead atoms. The first kappa shape index (κ1) is 52.9. The van der Waals surface area contributed by atoms with Crippen molar-refractivity contribution in [3.63, 3.8) is 0 Å². The Morgan fingerprint density at radius 3 is 2.20 bits per heavy atom. The molecule has 64 heavy (non-hydrogen) atoms. The SMILES string of the molecule is CC[C@H](C)[C@@H]([C@@H](CC(=O)N1CCC[C@H]1[C@H](OC)[C@@H](C)C(=O)N[C@@H](Cc1c[nH]c2ccccc12)C(=O)N1CCCCO1)OC)N(C)C(=O)[C@@H](NC(=O)[C@H](C(C)C)N(C)C(C)(C)S)C(C)C. The number of aromatic amines is 1. The fraction of sp³-hybridized carbons (Fsp3) is 0.729. The minimum atomic E-state index is -0.896. The van der Waals surface area contributed by atoms with Crippen LogP contribution in [0.5, 0.6) is 0 Å². The van der Waals surface area contributed by atoms with Crippen LogP contribution in [0.4, 0.5) is 0 Å². The zero-order valence-corrected chi connectivity index (χ0v) is 41.7. The van der Waals surface area contributed by atoms with E-state index in [2.05, 4.69) is 15.6 Å². The maximum Gasteiger partial charge on any atom is 0.269 e. The van der Waals surface area contributed by atoms with E-state index in [9.17, 15) is 24.0 Å². The number of para-hydroxylation sites is 1. The molecule has 0 unspecified atom stereocenters. The molecule has 15 nitrogen and oxygen atoms in total. The first-order valence-electron chi connectivity index (χ1n) is 23.3. The Kier molecular flexibility index (Phi) is 19.6. The van der Waals surface area contributed by atoms with Crippen LogP contribution in [-0.4, -0.2) is 150 Å². The van der Waals surface area contributed by atoms with E-state index in [1.807, 2.05) is 97.8 Å². The van der Waals surface area contributed by atoms with Gasteiger partial charge in [-0.25, -0.2) is 5.06 Å². The Labute approximate surface area is 387 Å². The lowest BCUT2D eigenvalue weighted by molar-refractivity contribution is -0.199. The van der Waals surface area contributed by atoms with Gasteiger partial charge in [-0.05, 0) is 76.0 Å². The average molecular weight is 914 g/mol. The number of hydrogen-bond acceptors (Lipinski definition) is 10. The summed E-state index contributed by atoms with van der Waals surface area (Å²) in [6.45, 7) is 18.8. The molecule has 0 saturated carbocycles. The summed E-state index contributed by atoms with van der Waals surface area (Å²) in [5, 5.41) is 8.48. The number of likely N-dealkylation sites (tertiary alicyclic amines) is 1. The maximum atomic E-state index is 14.5. The van der Waals surface area contributed by atoms with E-state index < -0.39 is 53.2 Å². The van der Waals surface area contributed by atoms with Gasteiger partial charge in [0.1, 0.15) is 12.1 Å². The summed E-state index contributed by atoms with van der Waals surface area (Å²) in [7, 11) is 6.70. The Balaban J connectivity index is 1.52. The summed E-state index contributed by atoms with van der Waals surface area (Å²) in [5.41, 5.74) is 1.84. The largest absolute Gasteiger partial charge is 0.379 e. The van der Waals surface area contributed by atoms with Crippen LogP contribution in [0.25, 0.3) is 10.9 Å². The van der Waals surface area contributed by atoms with Crippen LogP contribution < -0.4 is 10.6 Å². The molecule has 5 amide bonds. The Morgan fingerprint density at radius 2 is 1.62 bits per heavy atom. The molecule has 0 radical (unpaired) electrons. The van der Waals surface area contributed by atoms with Crippen molar-refractivity contribution in [3.8, 4) is 0 Å². The number of likely N-dealkylation sites (N-methyl/N-ethyl adjacent to an activating group) is 2. The van der Waals surface area contributed by atoms with Crippen molar-refractivity contribution in [1.82, 2.24) is 35.4 Å². The second-order valence-electron chi connectivity index (χ2n) is 19.2. The number of benzene rings is 1. The summed E-state index contributed by atoms with van der Waals surface area (Å²) in [4.78, 5) is 84.9. The van der Waals surface area contributed by atoms with Crippen LogP contribution in [0.3, 0.4) is 0 Å². The van der Waals surface area contributed by atoms with Crippen molar-refractivity contribution >= 4 is 53.1 Å². The number of thiol groups is 1. The molecule has 16 heteroatoms. The summed E-state index contributed by atoms with van der Waals surface area (Å²) in [6, 6.07) is 4.69. The first-order valence-corrected chi connectivity index (χ1v) is 23.8. The van der Waals surface area contributed by atoms with Crippen LogP contribution in [-0.2, 0) is 44.7 Å². The molecule has 3 N–H and O–H groups in total. The van der Waals surface area contributed by atoms with Gasteiger partial charge in [0.15, 0.2) is 0 Å². The number of amides is 5. The van der Waals surface area contributed by atoms with Crippen LogP contribution >= 0.6 is 12.6 Å². The molecule has 1 aromatic carbocycles. The van der Waals surface area contributed by atoms with Gasteiger partial charge in [0, 0.05) is 57.9 Å². The van der Waals surface area contributed by atoms with Crippen molar-refractivity contribution in [1.29, 1.82) is 0 Å². The van der Waals surface area contributed by atoms with Crippen molar-refractivity contribution in [3.05, 3.63) is 36.0 Å². The molecule has 2 saturated heterocycles. The number of hydroxylamine groups is 2. The molecule has 1 aromatic heterocycles. The minimum absolute atomic E-state index is 0.0103. The number of H-pyrrole nitrogens is 1. The molecular weight excluding hydrogens is 835 g/mol. The molecule has 360 valence electrons. The molecule has 3 heterocycles. The number of ether oxygens (including phenoxy) is 2. The quantitative estimate of drug-likeness (QED) is 0.0891. The number of nitrogens with one attached hydrogen (secondary N) is 3. The molecule has 2 fully saturated rings. The van der Waals surface area contributed by atoms with Crippen molar-refractivity contribution < 1.29 is 38.3 Å². The van der Waals surface area contributed by atoms with Gasteiger partial charge >= 0.3 is 0 Å². The first-order chi connectivity index (χ1) is 30.2. The fourth-order valence-electron chi connectivity index (χ4n) is 9.51. The third kappa shape index (κ3) is 12.8. The monoisotopic (exact) mass is 914 g/mol. The van der Waals surface area contributed by atoms with E-state index in [0.717, 1.165) is 35.7 Å². The van der Waals surface area contributed by atoms with Crippen LogP contribution in [0.15, 0.2) is 30.5 Å². The highest BCUT2D eigenvalue weighted by atomic mass is 32.1. The Bertz CT molecular complexity index is 1860. The van der Waals surface area contributed by atoms with E-state index in [-0.39, 0.29) is 60.1 Å². The van der Waals surface area contributed by atoms with Gasteiger partial charge in [0.2, 0.25) is 23.6 Å². The molecule has 9 atom stereocenters. The predicted molar refractivity (Wildman–Crippen MR) is 253 cm³/mol. The van der Waals surface area contributed by atoms with Gasteiger partial charge in [-0.3, -0.25) is 33.7 Å². The number of fused-ring (bicyclic) bond motifs is 1. The standard InChI is InChI=1S/C48H79N7O8S/c1-14-31(6)42(52(10)47(60)40(29(2)3)51-45(58)41(30(4)5)53(11)48(8,9)64)38(61-12)27-39(56)54-23-19-22-37(54)43(62-13)32(7)44(57)50-36(46(59)55-24-17-18-25-63-55)26-33-28-49-35-21-16-15-20-34(33)35/h15-16,20-21,28-32,36-38,40-43,49,64H,14,17-19,22-27H2,1-13H3,(H,50,57)(H,51,58)/t31-,32+,36-,37-,38+,40-,41-,42-,43+/m0/s1. The van der Waals surface area contributed by atoms with Gasteiger partial charge in [-0.1, -0.05) is 73.1 Å². The van der Waals surface area contributed by atoms with Crippen molar-refractivity contribution in [2.24, 2.45) is 23.7 Å². The van der Waals surface area contributed by atoms with E-state index >= 15 is 0 Å². The molecule has 4 rings (SSSR count). The zero-order chi connectivity index (χ0) is 47.6. The third-order valence-electron chi connectivity index (χ3n) is 13.6. The highest BCUT2D eigenvalue weighted by Gasteiger charge is 2.44. The molecule has 2 aliphatic heterocycles. The lowest BCUT2D eigenvalue weighted by Crippen LogP contribution is -2.61. The molecule has 2 aliphatic rings. The van der Waals surface area contributed by atoms with E-state index in [1.54, 1.807) is 38.0 Å². The predicted octanol–water partition coefficient (Wildman–Crippen LogP) is 5.43. The minimum Gasteiger partial charge on any atom is -0.379 e. The van der Waals surface area contributed by atoms with Crippen LogP contribution in [0.1, 0.15) is 106 Å². The topological polar surface area (TPSA) is 166 Å². The van der Waals surface area contributed by atoms with E-state index in [1.165, 1.54) is 5.06 Å². The second kappa shape index (κ2) is 23.7. The number of aromatic nitrogens is 1. The number of carbonyl (C=O) groups is 5. The second-order valence-corrected chi connectivity index (χ2v) is 20.3. The Morgan fingerprint density at radius 1 is 0.938 bits per heavy atom. The van der Waals surface area contributed by atoms with Crippen LogP contribution in [0.2, 0.25) is 0 Å². The third-order valence-corrected chi connectivity index (χ3v) is 13.9. The number of carbonyl (C=O) groups excluding carboxylic acids is 5. The molecule has 0 aliphatic carbocycles. The number of hydrogen-bond donors (Lipinski definition) is 4. The molecule has 0 spiro atoms. The zero-order valence-electron chi connectivity index (χ0n) is 40.8.